The smallest absolute Gasteiger partial charge is 0.417 e. The fourth-order valence-corrected chi connectivity index (χ4v) is 2.85. The Bertz CT molecular complexity index is 607. The highest BCUT2D eigenvalue weighted by Crippen LogP contribution is 2.22. The van der Waals surface area contributed by atoms with Gasteiger partial charge in [-0.15, -0.1) is 0 Å². The normalized spacial score (nSPS) is 19.0. The van der Waals surface area contributed by atoms with E-state index in [1.165, 1.54) is 18.2 Å². The number of imide groups is 1. The quantitative estimate of drug-likeness (QED) is 0.814. The van der Waals surface area contributed by atoms with E-state index in [0.29, 0.717) is 37.4 Å². The number of carbonyl (C=O) groups is 3. The summed E-state index contributed by atoms with van der Waals surface area (Å²) < 4.78 is 9.70. The maximum atomic E-state index is 12.4. The monoisotopic (exact) mass is 319 g/mol. The Morgan fingerprint density at radius 2 is 2.04 bits per heavy atom. The Hall–Kier alpha value is -2.64. The number of pyridine rings is 1. The molecule has 0 bridgehead atoms. The molecule has 2 saturated heterocycles. The van der Waals surface area contributed by atoms with Crippen molar-refractivity contribution in [2.75, 3.05) is 26.8 Å². The number of cyclic esters (lactones) is 1. The SMILES string of the molecule is COc1ccc(C(=O)N2CCC(N3C(=O)COC3=O)CC2)cn1. The number of piperidine rings is 1. The zero-order valence-electron chi connectivity index (χ0n) is 12.7. The molecule has 0 atom stereocenters. The molecule has 2 aliphatic rings. The number of hydrogen-bond acceptors (Lipinski definition) is 6. The predicted octanol–water partition coefficient (Wildman–Crippen LogP) is 0.674. The average molecular weight is 319 g/mol. The highest BCUT2D eigenvalue weighted by molar-refractivity contribution is 5.98. The van der Waals surface area contributed by atoms with Gasteiger partial charge in [-0.05, 0) is 18.9 Å². The van der Waals surface area contributed by atoms with Crippen LogP contribution in [0.15, 0.2) is 18.3 Å². The molecule has 2 aliphatic heterocycles. The van der Waals surface area contributed by atoms with E-state index < -0.39 is 6.09 Å². The predicted molar refractivity (Wildman–Crippen MR) is 77.9 cm³/mol. The molecular formula is C15H17N3O5. The molecule has 0 spiro atoms. The van der Waals surface area contributed by atoms with Gasteiger partial charge in [-0.1, -0.05) is 0 Å². The van der Waals surface area contributed by atoms with Gasteiger partial charge >= 0.3 is 6.09 Å². The Morgan fingerprint density at radius 3 is 2.57 bits per heavy atom. The molecule has 122 valence electrons. The summed E-state index contributed by atoms with van der Waals surface area (Å²) in [6, 6.07) is 3.11. The third-order valence-electron chi connectivity index (χ3n) is 4.09. The number of likely N-dealkylation sites (tertiary alicyclic amines) is 1. The number of nitrogens with zero attached hydrogens (tertiary/aromatic N) is 3. The summed E-state index contributed by atoms with van der Waals surface area (Å²) >= 11 is 0. The van der Waals surface area contributed by atoms with Crippen LogP contribution in [0.25, 0.3) is 0 Å². The van der Waals surface area contributed by atoms with Crippen LogP contribution in [-0.2, 0) is 9.53 Å². The second-order valence-corrected chi connectivity index (χ2v) is 5.43. The average Bonchev–Trinajstić information content (AvgIpc) is 2.93. The van der Waals surface area contributed by atoms with Crippen LogP contribution in [0, 0.1) is 0 Å². The lowest BCUT2D eigenvalue weighted by Crippen LogP contribution is -2.48. The summed E-state index contributed by atoms with van der Waals surface area (Å²) in [5, 5.41) is 0. The van der Waals surface area contributed by atoms with Crippen LogP contribution < -0.4 is 4.74 Å². The van der Waals surface area contributed by atoms with Gasteiger partial charge in [0.1, 0.15) is 0 Å². The van der Waals surface area contributed by atoms with Gasteiger partial charge in [0.15, 0.2) is 6.61 Å². The largest absolute Gasteiger partial charge is 0.481 e. The van der Waals surface area contributed by atoms with E-state index in [1.54, 1.807) is 17.0 Å². The van der Waals surface area contributed by atoms with Crippen LogP contribution in [-0.4, -0.2) is 65.5 Å². The molecule has 0 saturated carbocycles. The minimum Gasteiger partial charge on any atom is -0.481 e. The Labute approximate surface area is 133 Å². The minimum atomic E-state index is -0.584. The fraction of sp³-hybridized carbons (Fsp3) is 0.467. The van der Waals surface area contributed by atoms with Crippen LogP contribution in [0.5, 0.6) is 5.88 Å². The number of rotatable bonds is 3. The van der Waals surface area contributed by atoms with E-state index in [-0.39, 0.29) is 24.5 Å². The van der Waals surface area contributed by atoms with Crippen LogP contribution in [0.1, 0.15) is 23.2 Å². The molecule has 3 rings (SSSR count). The molecule has 0 aromatic carbocycles. The van der Waals surface area contributed by atoms with Gasteiger partial charge in [-0.3, -0.25) is 9.59 Å². The van der Waals surface area contributed by atoms with Gasteiger partial charge in [0.2, 0.25) is 5.88 Å². The lowest BCUT2D eigenvalue weighted by atomic mass is 10.0. The van der Waals surface area contributed by atoms with Crippen molar-refractivity contribution in [1.82, 2.24) is 14.8 Å². The van der Waals surface area contributed by atoms with E-state index in [9.17, 15) is 14.4 Å². The zero-order chi connectivity index (χ0) is 16.4. The molecule has 0 N–H and O–H groups in total. The summed E-state index contributed by atoms with van der Waals surface area (Å²) in [6.07, 6.45) is 2.00. The lowest BCUT2D eigenvalue weighted by molar-refractivity contribution is -0.127. The topological polar surface area (TPSA) is 89.0 Å². The summed E-state index contributed by atoms with van der Waals surface area (Å²) in [6.45, 7) is 0.772. The van der Waals surface area contributed by atoms with Gasteiger partial charge in [0, 0.05) is 31.4 Å². The van der Waals surface area contributed by atoms with Crippen LogP contribution in [0.3, 0.4) is 0 Å². The number of carbonyl (C=O) groups excluding carboxylic acids is 3. The minimum absolute atomic E-state index is 0.117. The zero-order valence-corrected chi connectivity index (χ0v) is 12.7. The first-order chi connectivity index (χ1) is 11.1. The fourth-order valence-electron chi connectivity index (χ4n) is 2.85. The van der Waals surface area contributed by atoms with Crippen LogP contribution in [0.4, 0.5) is 4.79 Å². The summed E-state index contributed by atoms with van der Waals surface area (Å²) in [7, 11) is 1.51. The standard InChI is InChI=1S/C15H17N3O5/c1-22-12-3-2-10(8-16-12)14(20)17-6-4-11(5-7-17)18-13(19)9-23-15(18)21/h2-3,8,11H,4-7,9H2,1H3. The third kappa shape index (κ3) is 2.96. The molecule has 23 heavy (non-hydrogen) atoms. The van der Waals surface area contributed by atoms with Crippen molar-refractivity contribution in [2.24, 2.45) is 0 Å². The van der Waals surface area contributed by atoms with Crippen molar-refractivity contribution in [3.8, 4) is 5.88 Å². The summed E-state index contributed by atoms with van der Waals surface area (Å²) in [5.41, 5.74) is 0.487. The highest BCUT2D eigenvalue weighted by Gasteiger charge is 2.39. The van der Waals surface area contributed by atoms with Crippen LogP contribution >= 0.6 is 0 Å². The summed E-state index contributed by atoms with van der Waals surface area (Å²) in [5.74, 6) is 0.0272. The van der Waals surface area contributed by atoms with Crippen molar-refractivity contribution >= 4 is 17.9 Å². The van der Waals surface area contributed by atoms with Gasteiger partial charge in [0.05, 0.1) is 12.7 Å². The number of aromatic nitrogens is 1. The maximum absolute atomic E-state index is 12.4. The molecule has 0 unspecified atom stereocenters. The Kier molecular flexibility index (Phi) is 4.14. The van der Waals surface area contributed by atoms with E-state index >= 15 is 0 Å². The van der Waals surface area contributed by atoms with Gasteiger partial charge in [0.25, 0.3) is 11.8 Å². The van der Waals surface area contributed by atoms with Crippen molar-refractivity contribution < 1.29 is 23.9 Å². The molecule has 1 aromatic rings. The van der Waals surface area contributed by atoms with E-state index in [4.69, 9.17) is 9.47 Å². The van der Waals surface area contributed by atoms with Crippen molar-refractivity contribution in [1.29, 1.82) is 0 Å². The maximum Gasteiger partial charge on any atom is 0.417 e. The first-order valence-electron chi connectivity index (χ1n) is 7.38. The molecule has 3 heterocycles. The van der Waals surface area contributed by atoms with Gasteiger partial charge in [-0.2, -0.15) is 0 Å². The molecule has 0 aliphatic carbocycles. The molecular weight excluding hydrogens is 302 g/mol. The molecule has 8 heteroatoms. The Balaban J connectivity index is 1.60. The van der Waals surface area contributed by atoms with E-state index in [1.807, 2.05) is 0 Å². The molecule has 1 aromatic heterocycles. The number of ether oxygens (including phenoxy) is 2. The molecule has 0 radical (unpaired) electrons. The molecule has 2 fully saturated rings. The number of methoxy groups -OCH3 is 1. The highest BCUT2D eigenvalue weighted by atomic mass is 16.6. The van der Waals surface area contributed by atoms with E-state index in [2.05, 4.69) is 4.98 Å². The van der Waals surface area contributed by atoms with Crippen molar-refractivity contribution in [3.63, 3.8) is 0 Å². The number of hydrogen-bond donors (Lipinski definition) is 0. The third-order valence-corrected chi connectivity index (χ3v) is 4.09. The summed E-state index contributed by atoms with van der Waals surface area (Å²) in [4.78, 5) is 42.6. The molecule has 3 amide bonds. The second kappa shape index (κ2) is 6.23. The van der Waals surface area contributed by atoms with Crippen molar-refractivity contribution in [3.05, 3.63) is 23.9 Å². The Morgan fingerprint density at radius 1 is 1.30 bits per heavy atom. The number of amides is 3. The van der Waals surface area contributed by atoms with Gasteiger partial charge in [-0.25, -0.2) is 14.7 Å². The lowest BCUT2D eigenvalue weighted by Gasteiger charge is -2.34. The first-order valence-corrected chi connectivity index (χ1v) is 7.38. The first kappa shape index (κ1) is 15.3. The van der Waals surface area contributed by atoms with Gasteiger partial charge < -0.3 is 14.4 Å². The molecule has 8 nitrogen and oxygen atoms in total. The van der Waals surface area contributed by atoms with Crippen molar-refractivity contribution in [2.45, 2.75) is 18.9 Å². The second-order valence-electron chi connectivity index (χ2n) is 5.43. The van der Waals surface area contributed by atoms with E-state index in [0.717, 1.165) is 0 Å². The van der Waals surface area contributed by atoms with Crippen LogP contribution in [0.2, 0.25) is 0 Å².